The summed E-state index contributed by atoms with van der Waals surface area (Å²) in [4.78, 5) is 36.2. The highest BCUT2D eigenvalue weighted by Crippen LogP contribution is 2.31. The molecular weight excluding hydrogens is 605 g/mol. The van der Waals surface area contributed by atoms with E-state index in [-0.39, 0.29) is 60.2 Å². The number of nitrogens with zero attached hydrogens (tertiary/aromatic N) is 3. The van der Waals surface area contributed by atoms with E-state index >= 15 is 0 Å². The number of amides is 2. The minimum absolute atomic E-state index is 0.0249. The highest BCUT2D eigenvalue weighted by molar-refractivity contribution is 7.80. The summed E-state index contributed by atoms with van der Waals surface area (Å²) in [6, 6.07) is -0.315. The lowest BCUT2D eigenvalue weighted by atomic mass is 9.90. The zero-order valence-corrected chi connectivity index (χ0v) is 30.3. The molecule has 1 fully saturated rings. The molecule has 1 aliphatic carbocycles. The largest absolute Gasteiger partial charge is 0.379 e. The Morgan fingerprint density at radius 1 is 1.18 bits per heavy atom. The van der Waals surface area contributed by atoms with Gasteiger partial charge in [-0.3, -0.25) is 9.59 Å². The van der Waals surface area contributed by atoms with Crippen molar-refractivity contribution in [1.29, 1.82) is 0 Å². The van der Waals surface area contributed by atoms with Crippen LogP contribution in [0.15, 0.2) is 35.4 Å². The van der Waals surface area contributed by atoms with E-state index in [4.69, 9.17) is 21.7 Å². The maximum absolute atomic E-state index is 14.0. The molecule has 8 nitrogen and oxygen atoms in total. The van der Waals surface area contributed by atoms with Crippen molar-refractivity contribution in [1.82, 2.24) is 20.1 Å². The maximum atomic E-state index is 14.0. The lowest BCUT2D eigenvalue weighted by Gasteiger charge is -2.39. The van der Waals surface area contributed by atoms with Crippen LogP contribution >= 0.6 is 23.6 Å². The summed E-state index contributed by atoms with van der Waals surface area (Å²) in [7, 11) is 5.22. The number of thiocarbonyl (C=S) groups is 1. The molecule has 7 unspecified atom stereocenters. The Morgan fingerprint density at radius 3 is 2.51 bits per heavy atom. The molecule has 1 aliphatic heterocycles. The minimum Gasteiger partial charge on any atom is -0.379 e. The average Bonchev–Trinajstić information content (AvgIpc) is 3.74. The number of hydrogen-bond donors (Lipinski definition) is 1. The molecule has 45 heavy (non-hydrogen) atoms. The first-order chi connectivity index (χ1) is 21.5. The predicted octanol–water partition coefficient (Wildman–Crippen LogP) is 6.73. The fourth-order valence-corrected chi connectivity index (χ4v) is 7.75. The van der Waals surface area contributed by atoms with Crippen molar-refractivity contribution < 1.29 is 19.1 Å². The van der Waals surface area contributed by atoms with E-state index in [1.54, 1.807) is 25.6 Å². The van der Waals surface area contributed by atoms with Gasteiger partial charge in [0, 0.05) is 51.7 Å². The number of ether oxygens (including phenoxy) is 2. The van der Waals surface area contributed by atoms with E-state index in [1.165, 1.54) is 5.57 Å². The van der Waals surface area contributed by atoms with E-state index in [0.717, 1.165) is 48.5 Å². The molecule has 3 rings (SSSR count). The predicted molar refractivity (Wildman–Crippen MR) is 187 cm³/mol. The summed E-state index contributed by atoms with van der Waals surface area (Å²) >= 11 is 7.64. The summed E-state index contributed by atoms with van der Waals surface area (Å²) < 4.78 is 12.1. The van der Waals surface area contributed by atoms with Crippen LogP contribution in [0.1, 0.15) is 97.0 Å². The average molecular weight is 661 g/mol. The molecule has 1 saturated heterocycles. The van der Waals surface area contributed by atoms with Gasteiger partial charge in [-0.05, 0) is 49.5 Å². The van der Waals surface area contributed by atoms with Crippen LogP contribution in [-0.4, -0.2) is 83.7 Å². The van der Waals surface area contributed by atoms with Crippen molar-refractivity contribution in [3.8, 4) is 0 Å². The van der Waals surface area contributed by atoms with Crippen molar-refractivity contribution >= 4 is 40.4 Å². The van der Waals surface area contributed by atoms with Crippen LogP contribution < -0.4 is 5.32 Å². The molecule has 1 N–H and O–H groups in total. The van der Waals surface area contributed by atoms with Crippen LogP contribution in [0.25, 0.3) is 0 Å². The van der Waals surface area contributed by atoms with Crippen LogP contribution in [-0.2, 0) is 19.1 Å². The Bertz CT molecular complexity index is 1150. The van der Waals surface area contributed by atoms with Gasteiger partial charge in [-0.1, -0.05) is 71.5 Å². The molecule has 0 spiro atoms. The van der Waals surface area contributed by atoms with Gasteiger partial charge in [0.25, 0.3) is 0 Å². The Morgan fingerprint density at radius 2 is 1.93 bits per heavy atom. The number of likely N-dealkylation sites (N-methyl/N-ethyl adjacent to an activating group) is 1. The van der Waals surface area contributed by atoms with Gasteiger partial charge in [-0.25, -0.2) is 4.98 Å². The number of allylic oxidation sites excluding steroid dienone is 3. The lowest BCUT2D eigenvalue weighted by Crippen LogP contribution is -2.53. The molecule has 0 saturated carbocycles. The van der Waals surface area contributed by atoms with E-state index in [9.17, 15) is 9.59 Å². The molecule has 0 radical (unpaired) electrons. The van der Waals surface area contributed by atoms with Gasteiger partial charge in [0.1, 0.15) is 5.01 Å². The highest BCUT2D eigenvalue weighted by atomic mass is 32.1. The summed E-state index contributed by atoms with van der Waals surface area (Å²) in [5.41, 5.74) is 1.29. The van der Waals surface area contributed by atoms with E-state index in [2.05, 4.69) is 49.3 Å². The van der Waals surface area contributed by atoms with Crippen LogP contribution in [0.3, 0.4) is 0 Å². The van der Waals surface area contributed by atoms with Gasteiger partial charge < -0.3 is 24.6 Å². The topological polar surface area (TPSA) is 84.0 Å². The van der Waals surface area contributed by atoms with Gasteiger partial charge >= 0.3 is 0 Å². The Labute approximate surface area is 281 Å². The number of thiazole rings is 1. The Kier molecular flexibility index (Phi) is 15.1. The summed E-state index contributed by atoms with van der Waals surface area (Å²) in [5, 5.41) is 6.63. The quantitative estimate of drug-likeness (QED) is 0.186. The standard InChI is InChI=1S/C35H56N4O4S2/c1-9-24(4)32(38(6)30(40)20-23(2)3)29(42-7)22-31(41)39-18-13-16-28(39)33(43-8)25(5)34(44)37-27(35-36-17-19-45-35)21-26-14-11-10-12-15-26/h11,14-15,17,19,23-25,27-29,32-33H,9-10,12-13,16,18,20-22H2,1-8H3,(H,37,44). The number of methoxy groups -OCH3 is 2. The Hall–Kier alpha value is -2.14. The van der Waals surface area contributed by atoms with Crippen LogP contribution in [0, 0.1) is 17.8 Å². The molecule has 2 heterocycles. The minimum atomic E-state index is -0.404. The second-order valence-corrected chi connectivity index (χ2v) is 14.5. The fraction of sp³-hybridized carbons (Fsp3) is 0.714. The number of carbonyl (C=O) groups is 2. The molecule has 1 aromatic heterocycles. The third kappa shape index (κ3) is 10.2. The van der Waals surface area contributed by atoms with Crippen LogP contribution in [0.5, 0.6) is 0 Å². The van der Waals surface area contributed by atoms with E-state index < -0.39 is 6.10 Å². The molecule has 2 aliphatic rings. The smallest absolute Gasteiger partial charge is 0.225 e. The molecular formula is C35H56N4O4S2. The number of hydrogen-bond acceptors (Lipinski definition) is 7. The monoisotopic (exact) mass is 660 g/mol. The highest BCUT2D eigenvalue weighted by Gasteiger charge is 2.41. The first-order valence-corrected chi connectivity index (χ1v) is 18.0. The van der Waals surface area contributed by atoms with Gasteiger partial charge in [0.15, 0.2) is 0 Å². The third-order valence-corrected chi connectivity index (χ3v) is 10.8. The molecule has 10 heteroatoms. The third-order valence-electron chi connectivity index (χ3n) is 9.46. The first-order valence-electron chi connectivity index (χ1n) is 16.7. The number of aromatic nitrogens is 1. The van der Waals surface area contributed by atoms with Crippen LogP contribution in [0.2, 0.25) is 0 Å². The lowest BCUT2D eigenvalue weighted by molar-refractivity contribution is -0.144. The summed E-state index contributed by atoms with van der Waals surface area (Å²) in [6.45, 7) is 11.1. The summed E-state index contributed by atoms with van der Waals surface area (Å²) in [5.74, 6) is 0.445. The van der Waals surface area contributed by atoms with Crippen molar-refractivity contribution in [2.75, 3.05) is 27.8 Å². The zero-order chi connectivity index (χ0) is 33.1. The van der Waals surface area contributed by atoms with Gasteiger partial charge in [0.2, 0.25) is 11.8 Å². The van der Waals surface area contributed by atoms with Crippen molar-refractivity contribution in [2.24, 2.45) is 17.8 Å². The van der Waals surface area contributed by atoms with Crippen LogP contribution in [0.4, 0.5) is 0 Å². The molecule has 0 aromatic carbocycles. The summed E-state index contributed by atoms with van der Waals surface area (Å²) in [6.07, 6.45) is 14.2. The number of nitrogens with one attached hydrogen (secondary N) is 1. The van der Waals surface area contributed by atoms with Crippen molar-refractivity contribution in [3.63, 3.8) is 0 Å². The van der Waals surface area contributed by atoms with E-state index in [0.29, 0.717) is 13.0 Å². The SMILES string of the molecule is CCC(C)C(C(CC(=O)N1CCCC1C(OC)C(C)C(=S)NC(CC1=CCCC=C1)c1nccs1)OC)N(C)C(=O)CC(C)C. The fourth-order valence-electron chi connectivity index (χ4n) is 6.78. The normalized spacial score (nSPS) is 20.7. The second-order valence-electron chi connectivity index (χ2n) is 13.1. The van der Waals surface area contributed by atoms with Gasteiger partial charge in [-0.2, -0.15) is 0 Å². The molecule has 1 aromatic rings. The first kappa shape index (κ1) is 37.3. The van der Waals surface area contributed by atoms with Crippen molar-refractivity contribution in [3.05, 3.63) is 40.4 Å². The zero-order valence-electron chi connectivity index (χ0n) is 28.7. The van der Waals surface area contributed by atoms with Gasteiger partial charge in [0.05, 0.1) is 41.7 Å². The number of carbonyl (C=O) groups excluding carboxylic acids is 2. The molecule has 0 bridgehead atoms. The molecule has 7 atom stereocenters. The van der Waals surface area contributed by atoms with Gasteiger partial charge in [-0.15, -0.1) is 11.3 Å². The Balaban J connectivity index is 1.73. The molecule has 252 valence electrons. The number of rotatable bonds is 17. The maximum Gasteiger partial charge on any atom is 0.225 e. The van der Waals surface area contributed by atoms with E-state index in [1.807, 2.05) is 42.3 Å². The number of likely N-dealkylation sites (tertiary alicyclic amines) is 1. The van der Waals surface area contributed by atoms with Crippen molar-refractivity contribution in [2.45, 2.75) is 116 Å². The molecule has 2 amide bonds. The second kappa shape index (κ2) is 18.3.